The van der Waals surface area contributed by atoms with Crippen LogP contribution in [0.25, 0.3) is 0 Å². The summed E-state index contributed by atoms with van der Waals surface area (Å²) in [6, 6.07) is 13.0. The number of aliphatic imine (C=N–C) groups is 1. The lowest BCUT2D eigenvalue weighted by Crippen LogP contribution is -2.39. The molecule has 0 aliphatic carbocycles. The molecule has 0 heterocycles. The summed E-state index contributed by atoms with van der Waals surface area (Å²) in [5.41, 5.74) is 2.14. The molecule has 0 bridgehead atoms. The fourth-order valence-electron chi connectivity index (χ4n) is 2.17. The van der Waals surface area contributed by atoms with Gasteiger partial charge in [0, 0.05) is 20.1 Å². The quantitative estimate of drug-likeness (QED) is 0.635. The second-order valence-corrected chi connectivity index (χ2v) is 5.18. The number of nitrogens with zero attached hydrogens (tertiary/aromatic N) is 1. The highest BCUT2D eigenvalue weighted by atomic mass is 19.1. The highest BCUT2D eigenvalue weighted by molar-refractivity contribution is 5.79. The third kappa shape index (κ3) is 6.06. The maximum absolute atomic E-state index is 12.8. The van der Waals surface area contributed by atoms with Gasteiger partial charge in [0.2, 0.25) is 0 Å². The first-order valence-electron chi connectivity index (χ1n) is 7.61. The second kappa shape index (κ2) is 8.88. The molecule has 0 aliphatic rings. The number of halogens is 2. The van der Waals surface area contributed by atoms with E-state index in [1.54, 1.807) is 31.3 Å². The average molecular weight is 317 g/mol. The molecule has 0 atom stereocenters. The minimum atomic E-state index is -0.222. The summed E-state index contributed by atoms with van der Waals surface area (Å²) in [5.74, 6) is 0.272. The molecule has 0 unspecified atom stereocenters. The first-order valence-corrected chi connectivity index (χ1v) is 7.61. The van der Waals surface area contributed by atoms with E-state index < -0.39 is 0 Å². The summed E-state index contributed by atoms with van der Waals surface area (Å²) in [5, 5.41) is 6.43. The van der Waals surface area contributed by atoms with Gasteiger partial charge < -0.3 is 10.6 Å². The highest BCUT2D eigenvalue weighted by Crippen LogP contribution is 2.03. The third-order valence-electron chi connectivity index (χ3n) is 3.46. The van der Waals surface area contributed by atoms with Gasteiger partial charge in [-0.25, -0.2) is 8.78 Å². The first-order chi connectivity index (χ1) is 11.2. The molecule has 0 amide bonds. The topological polar surface area (TPSA) is 36.4 Å². The molecule has 0 saturated heterocycles. The Morgan fingerprint density at radius 1 is 0.783 bits per heavy atom. The zero-order valence-electron chi connectivity index (χ0n) is 13.2. The molecule has 2 N–H and O–H groups in total. The van der Waals surface area contributed by atoms with Crippen LogP contribution in [0.3, 0.4) is 0 Å². The van der Waals surface area contributed by atoms with Gasteiger partial charge in [-0.2, -0.15) is 0 Å². The molecule has 0 spiro atoms. The summed E-state index contributed by atoms with van der Waals surface area (Å²) in [7, 11) is 1.71. The van der Waals surface area contributed by atoms with Crippen LogP contribution in [0.4, 0.5) is 8.78 Å². The molecule has 3 nitrogen and oxygen atoms in total. The van der Waals surface area contributed by atoms with Gasteiger partial charge in [0.1, 0.15) is 11.6 Å². The van der Waals surface area contributed by atoms with Crippen molar-refractivity contribution in [1.82, 2.24) is 10.6 Å². The summed E-state index contributed by atoms with van der Waals surface area (Å²) < 4.78 is 25.7. The lowest BCUT2D eigenvalue weighted by molar-refractivity contribution is 0.626. The van der Waals surface area contributed by atoms with Gasteiger partial charge >= 0.3 is 0 Å². The maximum Gasteiger partial charge on any atom is 0.190 e. The van der Waals surface area contributed by atoms with Gasteiger partial charge in [0.25, 0.3) is 0 Å². The lowest BCUT2D eigenvalue weighted by Gasteiger charge is -2.12. The minimum Gasteiger partial charge on any atom is -0.356 e. The molecule has 2 aromatic rings. The summed E-state index contributed by atoms with van der Waals surface area (Å²) >= 11 is 0. The van der Waals surface area contributed by atoms with Crippen molar-refractivity contribution in [3.05, 3.63) is 71.3 Å². The Kier molecular flexibility index (Phi) is 6.54. The van der Waals surface area contributed by atoms with E-state index in [0.717, 1.165) is 24.0 Å². The van der Waals surface area contributed by atoms with E-state index in [1.807, 2.05) is 0 Å². The fourth-order valence-corrected chi connectivity index (χ4v) is 2.17. The van der Waals surface area contributed by atoms with Gasteiger partial charge in [0.15, 0.2) is 5.96 Å². The molecule has 122 valence electrons. The SMILES string of the molecule is CN=C(NCCc1ccc(F)cc1)NCCc1ccc(F)cc1. The molecular formula is C18H21F2N3. The van der Waals surface area contributed by atoms with E-state index in [2.05, 4.69) is 15.6 Å². The number of nitrogens with one attached hydrogen (secondary N) is 2. The van der Waals surface area contributed by atoms with Crippen LogP contribution in [0, 0.1) is 11.6 Å². The molecule has 0 saturated carbocycles. The number of hydrogen-bond acceptors (Lipinski definition) is 1. The van der Waals surface area contributed by atoms with E-state index in [4.69, 9.17) is 0 Å². The van der Waals surface area contributed by atoms with Gasteiger partial charge in [-0.05, 0) is 48.2 Å². The molecule has 0 radical (unpaired) electrons. The molecule has 0 aromatic heterocycles. The van der Waals surface area contributed by atoms with Crippen LogP contribution in [-0.2, 0) is 12.8 Å². The van der Waals surface area contributed by atoms with Crippen molar-refractivity contribution in [1.29, 1.82) is 0 Å². The normalized spacial score (nSPS) is 10.2. The molecule has 2 rings (SSSR count). The minimum absolute atomic E-state index is 0.222. The zero-order chi connectivity index (χ0) is 16.5. The monoisotopic (exact) mass is 317 g/mol. The number of rotatable bonds is 6. The summed E-state index contributed by atoms with van der Waals surface area (Å²) in [6.45, 7) is 1.42. The summed E-state index contributed by atoms with van der Waals surface area (Å²) in [4.78, 5) is 4.15. The third-order valence-corrected chi connectivity index (χ3v) is 3.46. The van der Waals surface area contributed by atoms with E-state index in [9.17, 15) is 8.78 Å². The predicted octanol–water partition coefficient (Wildman–Crippen LogP) is 2.92. The molecule has 5 heteroatoms. The molecule has 2 aromatic carbocycles. The Balaban J connectivity index is 1.69. The Morgan fingerprint density at radius 2 is 1.17 bits per heavy atom. The first kappa shape index (κ1) is 16.9. The number of benzene rings is 2. The molecule has 0 fully saturated rings. The Labute approximate surface area is 135 Å². The Bertz CT molecular complexity index is 568. The average Bonchev–Trinajstić information content (AvgIpc) is 2.57. The van der Waals surface area contributed by atoms with E-state index >= 15 is 0 Å². The van der Waals surface area contributed by atoms with Gasteiger partial charge in [-0.15, -0.1) is 0 Å². The van der Waals surface area contributed by atoms with Crippen molar-refractivity contribution in [2.75, 3.05) is 20.1 Å². The Morgan fingerprint density at radius 3 is 1.52 bits per heavy atom. The van der Waals surface area contributed by atoms with Crippen molar-refractivity contribution in [3.8, 4) is 0 Å². The summed E-state index contributed by atoms with van der Waals surface area (Å²) in [6.07, 6.45) is 1.58. The van der Waals surface area contributed by atoms with Crippen LogP contribution in [0.15, 0.2) is 53.5 Å². The van der Waals surface area contributed by atoms with E-state index in [1.165, 1.54) is 24.3 Å². The van der Waals surface area contributed by atoms with Crippen LogP contribution in [0.5, 0.6) is 0 Å². The van der Waals surface area contributed by atoms with Crippen LogP contribution in [0.1, 0.15) is 11.1 Å². The smallest absolute Gasteiger partial charge is 0.190 e. The van der Waals surface area contributed by atoms with Crippen molar-refractivity contribution < 1.29 is 8.78 Å². The van der Waals surface area contributed by atoms with Crippen molar-refractivity contribution in [2.24, 2.45) is 4.99 Å². The predicted molar refractivity (Wildman–Crippen MR) is 89.6 cm³/mol. The Hall–Kier alpha value is -2.43. The lowest BCUT2D eigenvalue weighted by atomic mass is 10.1. The zero-order valence-corrected chi connectivity index (χ0v) is 13.2. The van der Waals surface area contributed by atoms with Gasteiger partial charge in [-0.3, -0.25) is 4.99 Å². The molecule has 23 heavy (non-hydrogen) atoms. The largest absolute Gasteiger partial charge is 0.356 e. The maximum atomic E-state index is 12.8. The number of guanidine groups is 1. The fraction of sp³-hybridized carbons (Fsp3) is 0.278. The van der Waals surface area contributed by atoms with Gasteiger partial charge in [-0.1, -0.05) is 24.3 Å². The van der Waals surface area contributed by atoms with E-state index in [-0.39, 0.29) is 11.6 Å². The van der Waals surface area contributed by atoms with Crippen LogP contribution in [-0.4, -0.2) is 26.1 Å². The number of hydrogen-bond donors (Lipinski definition) is 2. The van der Waals surface area contributed by atoms with Crippen LogP contribution in [0.2, 0.25) is 0 Å². The second-order valence-electron chi connectivity index (χ2n) is 5.18. The van der Waals surface area contributed by atoms with Crippen molar-refractivity contribution in [2.45, 2.75) is 12.8 Å². The van der Waals surface area contributed by atoms with E-state index in [0.29, 0.717) is 19.0 Å². The van der Waals surface area contributed by atoms with Gasteiger partial charge in [0.05, 0.1) is 0 Å². The van der Waals surface area contributed by atoms with Crippen molar-refractivity contribution in [3.63, 3.8) is 0 Å². The molecular weight excluding hydrogens is 296 g/mol. The molecule has 0 aliphatic heterocycles. The standard InChI is InChI=1S/C18H21F2N3/c1-21-18(22-12-10-14-2-6-16(19)7-3-14)23-13-11-15-4-8-17(20)9-5-15/h2-9H,10-13H2,1H3,(H2,21,22,23). The van der Waals surface area contributed by atoms with Crippen LogP contribution < -0.4 is 10.6 Å². The highest BCUT2D eigenvalue weighted by Gasteiger charge is 1.99. The van der Waals surface area contributed by atoms with Crippen LogP contribution >= 0.6 is 0 Å². The van der Waals surface area contributed by atoms with Crippen molar-refractivity contribution >= 4 is 5.96 Å².